The van der Waals surface area contributed by atoms with Gasteiger partial charge in [0.1, 0.15) is 39.0 Å². The highest BCUT2D eigenvalue weighted by molar-refractivity contribution is 7.85. The zero-order chi connectivity index (χ0) is 28.3. The Morgan fingerprint density at radius 1 is 1.13 bits per heavy atom. The summed E-state index contributed by atoms with van der Waals surface area (Å²) in [5, 5.41) is 8.41. The van der Waals surface area contributed by atoms with Crippen LogP contribution in [0.1, 0.15) is 10.4 Å². The molecule has 4 rings (SSSR count). The third kappa shape index (κ3) is 6.82. The largest absolute Gasteiger partial charge is 0.497 e. The Morgan fingerprint density at radius 2 is 1.90 bits per heavy atom. The lowest BCUT2D eigenvalue weighted by Crippen LogP contribution is -2.33. The quantitative estimate of drug-likeness (QED) is 0.187. The molecule has 0 fully saturated rings. The number of aromatic nitrogens is 2. The summed E-state index contributed by atoms with van der Waals surface area (Å²) in [6.07, 6.45) is 0. The number of thiazole rings is 2. The van der Waals surface area contributed by atoms with Crippen LogP contribution in [-0.2, 0) is 10.1 Å². The molecule has 0 bridgehead atoms. The third-order valence-corrected chi connectivity index (χ3v) is 7.39. The van der Waals surface area contributed by atoms with Gasteiger partial charge < -0.3 is 21.1 Å². The highest BCUT2D eigenvalue weighted by atomic mass is 32.2. The molecule has 0 saturated heterocycles. The van der Waals surface area contributed by atoms with E-state index in [-0.39, 0.29) is 33.5 Å². The van der Waals surface area contributed by atoms with Crippen LogP contribution in [0, 0.1) is 11.6 Å². The average Bonchev–Trinajstić information content (AvgIpc) is 3.50. The fraction of sp³-hybridized carbons (Fsp3) is 0.0909. The number of nitrogens with two attached hydrogens (primary N) is 1. The number of nitrogen functional groups attached to an aromatic ring is 1. The lowest BCUT2D eigenvalue weighted by Gasteiger charge is -2.10. The molecule has 204 valence electrons. The van der Waals surface area contributed by atoms with Crippen molar-refractivity contribution >= 4 is 61.4 Å². The van der Waals surface area contributed by atoms with E-state index in [9.17, 15) is 26.8 Å². The molecule has 0 aliphatic carbocycles. The van der Waals surface area contributed by atoms with Gasteiger partial charge in [-0.2, -0.15) is 8.42 Å². The minimum absolute atomic E-state index is 0.00240. The monoisotopic (exact) mass is 596 g/mol. The summed E-state index contributed by atoms with van der Waals surface area (Å²) in [5.41, 5.74) is 5.89. The Kier molecular flexibility index (Phi) is 8.05. The van der Waals surface area contributed by atoms with Crippen molar-refractivity contribution in [1.82, 2.24) is 15.3 Å². The number of anilines is 3. The summed E-state index contributed by atoms with van der Waals surface area (Å²) in [7, 11) is -2.98. The van der Waals surface area contributed by atoms with Crippen LogP contribution in [0.4, 0.5) is 30.2 Å². The van der Waals surface area contributed by atoms with Crippen molar-refractivity contribution < 1.29 is 36.1 Å². The second kappa shape index (κ2) is 11.3. The molecule has 2 aromatic heterocycles. The van der Waals surface area contributed by atoms with Crippen LogP contribution in [-0.4, -0.2) is 47.9 Å². The van der Waals surface area contributed by atoms with Gasteiger partial charge in [-0.05, 0) is 24.3 Å². The number of hydrogen-bond acceptors (Lipinski definition) is 10. The molecular formula is C22H18F2N6O6S3. The number of ether oxygens (including phenoxy) is 1. The molecule has 0 aliphatic rings. The van der Waals surface area contributed by atoms with Gasteiger partial charge in [0.2, 0.25) is 0 Å². The summed E-state index contributed by atoms with van der Waals surface area (Å²) in [6, 6.07) is 6.99. The molecule has 12 nitrogen and oxygen atoms in total. The number of hydrogen-bond donors (Lipinski definition) is 5. The lowest BCUT2D eigenvalue weighted by atomic mass is 10.1. The Morgan fingerprint density at radius 3 is 2.62 bits per heavy atom. The van der Waals surface area contributed by atoms with E-state index in [1.165, 1.54) is 24.6 Å². The smallest absolute Gasteiger partial charge is 0.321 e. The molecule has 3 amide bonds. The maximum atomic E-state index is 14.7. The zero-order valence-corrected chi connectivity index (χ0v) is 22.1. The summed E-state index contributed by atoms with van der Waals surface area (Å²) in [4.78, 5) is 33.1. The van der Waals surface area contributed by atoms with E-state index in [1.807, 2.05) is 5.32 Å². The fourth-order valence-corrected chi connectivity index (χ4v) is 5.25. The van der Waals surface area contributed by atoms with Crippen molar-refractivity contribution in [3.05, 3.63) is 59.0 Å². The van der Waals surface area contributed by atoms with E-state index in [2.05, 4.69) is 20.6 Å². The van der Waals surface area contributed by atoms with Crippen LogP contribution < -0.4 is 26.4 Å². The van der Waals surface area contributed by atoms with E-state index in [1.54, 1.807) is 12.1 Å². The number of amides is 3. The minimum Gasteiger partial charge on any atom is -0.497 e. The maximum Gasteiger partial charge on any atom is 0.321 e. The van der Waals surface area contributed by atoms with Crippen LogP contribution in [0.3, 0.4) is 0 Å². The Labute approximate surface area is 227 Å². The number of halogens is 2. The Hall–Kier alpha value is -4.19. The summed E-state index contributed by atoms with van der Waals surface area (Å²) < 4.78 is 64.5. The zero-order valence-electron chi connectivity index (χ0n) is 19.7. The summed E-state index contributed by atoms with van der Waals surface area (Å²) in [6.45, 7) is 0. The average molecular weight is 597 g/mol. The molecule has 0 radical (unpaired) electrons. The normalized spacial score (nSPS) is 11.2. The van der Waals surface area contributed by atoms with Gasteiger partial charge in [-0.3, -0.25) is 14.7 Å². The summed E-state index contributed by atoms with van der Waals surface area (Å²) in [5.74, 6) is -3.14. The van der Waals surface area contributed by atoms with Gasteiger partial charge in [0.05, 0.1) is 18.5 Å². The molecule has 0 unspecified atom stereocenters. The number of rotatable bonds is 8. The second-order valence-electron chi connectivity index (χ2n) is 7.63. The standard InChI is InChI=1S/C22H18F2N6O6S3/c1-36-11-4-2-3-10(5-11)19(31)27-15-6-12(13(23)7-14(15)24)16-8-37-20(28-16)17-18(25)29-22(38-17)30-21(32)26-9-39(33,34)35/h2-8H,9,25H2,1H3,(H,27,31)(H,33,34,35)(H2,26,29,30,32). The Balaban J connectivity index is 1.55. The van der Waals surface area contributed by atoms with Gasteiger partial charge in [-0.1, -0.05) is 17.4 Å². The number of methoxy groups -OCH3 is 1. The molecule has 39 heavy (non-hydrogen) atoms. The van der Waals surface area contributed by atoms with Crippen LogP contribution in [0.15, 0.2) is 41.8 Å². The predicted molar refractivity (Wildman–Crippen MR) is 143 cm³/mol. The molecular weight excluding hydrogens is 578 g/mol. The van der Waals surface area contributed by atoms with Crippen molar-refractivity contribution in [2.45, 2.75) is 0 Å². The van der Waals surface area contributed by atoms with Gasteiger partial charge in [0.25, 0.3) is 16.0 Å². The van der Waals surface area contributed by atoms with Crippen LogP contribution in [0.25, 0.3) is 21.1 Å². The molecule has 2 aromatic carbocycles. The number of nitrogens with one attached hydrogen (secondary N) is 3. The van der Waals surface area contributed by atoms with Gasteiger partial charge in [-0.15, -0.1) is 11.3 Å². The molecule has 17 heteroatoms. The number of benzene rings is 2. The molecule has 0 saturated carbocycles. The molecule has 2 heterocycles. The molecule has 4 aromatic rings. The van der Waals surface area contributed by atoms with E-state index >= 15 is 0 Å². The first-order valence-corrected chi connectivity index (χ1v) is 13.9. The van der Waals surface area contributed by atoms with Gasteiger partial charge in [-0.25, -0.2) is 23.5 Å². The molecule has 0 aliphatic heterocycles. The topological polar surface area (TPSA) is 186 Å². The van der Waals surface area contributed by atoms with Crippen molar-refractivity contribution in [2.75, 3.05) is 29.4 Å². The Bertz CT molecular complexity index is 1670. The minimum atomic E-state index is -4.42. The number of nitrogens with zero attached hydrogens (tertiary/aromatic N) is 2. The fourth-order valence-electron chi connectivity index (χ4n) is 3.14. The summed E-state index contributed by atoms with van der Waals surface area (Å²) >= 11 is 1.98. The van der Waals surface area contributed by atoms with Gasteiger partial charge in [0, 0.05) is 22.6 Å². The first kappa shape index (κ1) is 27.8. The maximum absolute atomic E-state index is 14.7. The molecule has 6 N–H and O–H groups in total. The number of urea groups is 1. The van der Waals surface area contributed by atoms with Gasteiger partial charge in [0.15, 0.2) is 5.13 Å². The SMILES string of the molecule is COc1cccc(C(=O)Nc2cc(-c3csc(-c4sc(NC(=O)NCS(=O)(=O)O)nc4N)n3)c(F)cc2F)c1. The molecule has 0 spiro atoms. The first-order valence-electron chi connectivity index (χ1n) is 10.6. The van der Waals surface area contributed by atoms with Crippen molar-refractivity contribution in [2.24, 2.45) is 0 Å². The van der Waals surface area contributed by atoms with E-state index in [0.717, 1.165) is 28.7 Å². The lowest BCUT2D eigenvalue weighted by molar-refractivity contribution is 0.102. The van der Waals surface area contributed by atoms with Crippen molar-refractivity contribution in [3.8, 4) is 26.9 Å². The predicted octanol–water partition coefficient (Wildman–Crippen LogP) is 4.02. The third-order valence-electron chi connectivity index (χ3n) is 4.90. The van der Waals surface area contributed by atoms with Crippen molar-refractivity contribution in [3.63, 3.8) is 0 Å². The van der Waals surface area contributed by atoms with Gasteiger partial charge >= 0.3 is 6.03 Å². The van der Waals surface area contributed by atoms with E-state index in [0.29, 0.717) is 21.7 Å². The van der Waals surface area contributed by atoms with Crippen LogP contribution in [0.5, 0.6) is 5.75 Å². The first-order chi connectivity index (χ1) is 18.4. The highest BCUT2D eigenvalue weighted by Gasteiger charge is 2.20. The van der Waals surface area contributed by atoms with E-state index in [4.69, 9.17) is 15.0 Å². The van der Waals surface area contributed by atoms with Crippen molar-refractivity contribution in [1.29, 1.82) is 0 Å². The van der Waals surface area contributed by atoms with Crippen LogP contribution in [0.2, 0.25) is 0 Å². The second-order valence-corrected chi connectivity index (χ2v) is 10.9. The molecule has 0 atom stereocenters. The highest BCUT2D eigenvalue weighted by Crippen LogP contribution is 2.39. The number of carbonyl (C=O) groups excluding carboxylic acids is 2. The van der Waals surface area contributed by atoms with Crippen LogP contribution >= 0.6 is 22.7 Å². The van der Waals surface area contributed by atoms with E-state index < -0.39 is 39.6 Å². The number of carbonyl (C=O) groups is 2.